The molecule has 0 amide bonds. The van der Waals surface area contributed by atoms with Crippen LogP contribution in [0.15, 0.2) is 146 Å². The van der Waals surface area contributed by atoms with Crippen LogP contribution < -0.4 is 0 Å². The van der Waals surface area contributed by atoms with Crippen molar-refractivity contribution in [3.8, 4) is 51.8 Å². The molecule has 0 aliphatic carbocycles. The molecule has 0 aliphatic heterocycles. The number of nitrogens with zero attached hydrogens (tertiary/aromatic N) is 6. The van der Waals surface area contributed by atoms with E-state index in [1.165, 1.54) is 0 Å². The lowest BCUT2D eigenvalue weighted by molar-refractivity contribution is 1.11. The molecule has 0 unspecified atom stereocenters. The first kappa shape index (κ1) is 28.7. The molecule has 3 heterocycles. The zero-order valence-electron chi connectivity index (χ0n) is 26.5. The normalized spacial score (nSPS) is 11.1. The van der Waals surface area contributed by atoms with Gasteiger partial charge < -0.3 is 4.57 Å². The van der Waals surface area contributed by atoms with Crippen LogP contribution in [0.25, 0.3) is 77.4 Å². The molecule has 50 heavy (non-hydrogen) atoms. The first-order chi connectivity index (χ1) is 24.7. The van der Waals surface area contributed by atoms with Gasteiger partial charge in [0.2, 0.25) is 0 Å². The van der Waals surface area contributed by atoms with Crippen LogP contribution in [0.5, 0.6) is 0 Å². The molecule has 230 valence electrons. The summed E-state index contributed by atoms with van der Waals surface area (Å²) in [6.45, 7) is 0. The zero-order chi connectivity index (χ0) is 33.8. The maximum absolute atomic E-state index is 10.1. The standard InChI is InChI=1S/C44H24N6/c45-25-28-15-17-42-39(20-28)40-21-29(26-46)16-18-43(40)49(42)32-22-31(35-10-3-4-11-36(35)34-9-2-1-8-30(34)27-47)23-33(24-32)50-41-14-6-5-12-37(41)38-13-7-19-48-44(38)50/h1-24H. The van der Waals surface area contributed by atoms with Crippen molar-refractivity contribution >= 4 is 43.7 Å². The topological polar surface area (TPSA) is 94.1 Å². The van der Waals surface area contributed by atoms with Crippen LogP contribution in [0.1, 0.15) is 16.7 Å². The quantitative estimate of drug-likeness (QED) is 0.192. The molecule has 9 aromatic rings. The highest BCUT2D eigenvalue weighted by Crippen LogP contribution is 2.40. The Hall–Kier alpha value is -7.46. The van der Waals surface area contributed by atoms with Gasteiger partial charge in [-0.2, -0.15) is 15.8 Å². The predicted molar refractivity (Wildman–Crippen MR) is 198 cm³/mol. The Bertz CT molecular complexity index is 2850. The van der Waals surface area contributed by atoms with Crippen LogP contribution in [-0.4, -0.2) is 14.1 Å². The van der Waals surface area contributed by atoms with Crippen LogP contribution in [0.3, 0.4) is 0 Å². The number of nitriles is 3. The Labute approximate surface area is 287 Å². The fourth-order valence-electron chi connectivity index (χ4n) is 7.29. The van der Waals surface area contributed by atoms with Gasteiger partial charge in [-0.15, -0.1) is 0 Å². The van der Waals surface area contributed by atoms with E-state index in [0.717, 1.165) is 77.4 Å². The van der Waals surface area contributed by atoms with Crippen LogP contribution >= 0.6 is 0 Å². The number of aromatic nitrogens is 3. The predicted octanol–water partition coefficient (Wildman–Crippen LogP) is 10.2. The number of hydrogen-bond donors (Lipinski definition) is 0. The minimum atomic E-state index is 0.551. The van der Waals surface area contributed by atoms with Crippen molar-refractivity contribution in [2.24, 2.45) is 0 Å². The monoisotopic (exact) mass is 636 g/mol. The molecule has 0 saturated heterocycles. The van der Waals surface area contributed by atoms with Crippen molar-refractivity contribution in [1.82, 2.24) is 14.1 Å². The van der Waals surface area contributed by atoms with Crippen molar-refractivity contribution < 1.29 is 0 Å². The summed E-state index contributed by atoms with van der Waals surface area (Å²) in [6, 6.07) is 53.2. The highest BCUT2D eigenvalue weighted by molar-refractivity contribution is 6.11. The van der Waals surface area contributed by atoms with E-state index in [0.29, 0.717) is 16.7 Å². The average molecular weight is 637 g/mol. The van der Waals surface area contributed by atoms with E-state index in [4.69, 9.17) is 4.98 Å². The van der Waals surface area contributed by atoms with Crippen molar-refractivity contribution in [1.29, 1.82) is 15.8 Å². The van der Waals surface area contributed by atoms with E-state index in [-0.39, 0.29) is 0 Å². The third-order valence-electron chi connectivity index (χ3n) is 9.45. The van der Waals surface area contributed by atoms with E-state index in [1.54, 1.807) is 0 Å². The summed E-state index contributed by atoms with van der Waals surface area (Å²) in [4.78, 5) is 4.87. The van der Waals surface area contributed by atoms with E-state index in [1.807, 2.05) is 97.2 Å². The minimum Gasteiger partial charge on any atom is -0.309 e. The summed E-state index contributed by atoms with van der Waals surface area (Å²) < 4.78 is 4.41. The molecule has 6 heteroatoms. The summed E-state index contributed by atoms with van der Waals surface area (Å²) in [7, 11) is 0. The second-order valence-electron chi connectivity index (χ2n) is 12.2. The molecule has 6 nitrogen and oxygen atoms in total. The van der Waals surface area contributed by atoms with Gasteiger partial charge in [0.25, 0.3) is 0 Å². The van der Waals surface area contributed by atoms with Gasteiger partial charge in [0.15, 0.2) is 0 Å². The average Bonchev–Trinajstić information content (AvgIpc) is 3.69. The molecule has 0 saturated carbocycles. The van der Waals surface area contributed by atoms with Gasteiger partial charge in [0.1, 0.15) is 5.65 Å². The van der Waals surface area contributed by atoms with Crippen molar-refractivity contribution in [3.05, 3.63) is 162 Å². The van der Waals surface area contributed by atoms with Gasteiger partial charge in [-0.05, 0) is 95.6 Å². The fourth-order valence-corrected chi connectivity index (χ4v) is 7.29. The molecular weight excluding hydrogens is 613 g/mol. The third kappa shape index (κ3) is 4.36. The lowest BCUT2D eigenvalue weighted by atomic mass is 9.91. The number of rotatable bonds is 4. The first-order valence-corrected chi connectivity index (χ1v) is 16.1. The summed E-state index contributed by atoms with van der Waals surface area (Å²) in [5.74, 6) is 0. The van der Waals surface area contributed by atoms with Crippen LogP contribution in [0, 0.1) is 34.0 Å². The Morgan fingerprint density at radius 1 is 0.440 bits per heavy atom. The fraction of sp³-hybridized carbons (Fsp3) is 0. The number of pyridine rings is 1. The number of fused-ring (bicyclic) bond motifs is 6. The van der Waals surface area contributed by atoms with Crippen molar-refractivity contribution in [2.45, 2.75) is 0 Å². The summed E-state index contributed by atoms with van der Waals surface area (Å²) >= 11 is 0. The molecule has 0 N–H and O–H groups in total. The molecule has 3 aromatic heterocycles. The Morgan fingerprint density at radius 2 is 1.02 bits per heavy atom. The SMILES string of the molecule is N#Cc1ccc2c(c1)c1cc(C#N)ccc1n2-c1cc(-c2ccccc2-c2ccccc2C#N)cc(-n2c3ccccc3c3cccnc32)c1. The van der Waals surface area contributed by atoms with E-state index in [2.05, 4.69) is 75.9 Å². The molecular formula is C44H24N6. The first-order valence-electron chi connectivity index (χ1n) is 16.1. The van der Waals surface area contributed by atoms with Crippen LogP contribution in [0.2, 0.25) is 0 Å². The van der Waals surface area contributed by atoms with Gasteiger partial charge in [-0.1, -0.05) is 60.7 Å². The number of hydrogen-bond acceptors (Lipinski definition) is 4. The molecule has 0 atom stereocenters. The summed E-state index contributed by atoms with van der Waals surface area (Å²) in [5, 5.41) is 33.6. The summed E-state index contributed by atoms with van der Waals surface area (Å²) in [6.07, 6.45) is 1.82. The highest BCUT2D eigenvalue weighted by atomic mass is 15.1. The third-order valence-corrected chi connectivity index (χ3v) is 9.45. The Morgan fingerprint density at radius 3 is 1.72 bits per heavy atom. The highest BCUT2D eigenvalue weighted by Gasteiger charge is 2.20. The molecule has 6 aromatic carbocycles. The maximum atomic E-state index is 10.1. The zero-order valence-corrected chi connectivity index (χ0v) is 26.5. The molecule has 9 rings (SSSR count). The van der Waals surface area contributed by atoms with E-state index >= 15 is 0 Å². The van der Waals surface area contributed by atoms with Gasteiger partial charge in [-0.3, -0.25) is 4.57 Å². The van der Waals surface area contributed by atoms with Crippen molar-refractivity contribution in [3.63, 3.8) is 0 Å². The van der Waals surface area contributed by atoms with Gasteiger partial charge in [0.05, 0.1) is 57.1 Å². The molecule has 0 bridgehead atoms. The van der Waals surface area contributed by atoms with Crippen molar-refractivity contribution in [2.75, 3.05) is 0 Å². The smallest absolute Gasteiger partial charge is 0.145 e. The van der Waals surface area contributed by atoms with Crippen LogP contribution in [0.4, 0.5) is 0 Å². The van der Waals surface area contributed by atoms with Gasteiger partial charge in [-0.25, -0.2) is 4.98 Å². The van der Waals surface area contributed by atoms with Crippen LogP contribution in [-0.2, 0) is 0 Å². The second kappa shape index (κ2) is 11.4. The number of benzene rings is 6. The maximum Gasteiger partial charge on any atom is 0.145 e. The lowest BCUT2D eigenvalue weighted by Crippen LogP contribution is -2.01. The number of para-hydroxylation sites is 1. The largest absolute Gasteiger partial charge is 0.309 e. The van der Waals surface area contributed by atoms with Gasteiger partial charge >= 0.3 is 0 Å². The lowest BCUT2D eigenvalue weighted by Gasteiger charge is -2.17. The minimum absolute atomic E-state index is 0.551. The molecule has 0 spiro atoms. The second-order valence-corrected chi connectivity index (χ2v) is 12.2. The van der Waals surface area contributed by atoms with E-state index in [9.17, 15) is 15.8 Å². The summed E-state index contributed by atoms with van der Waals surface area (Å²) in [5.41, 5.74) is 11.0. The molecule has 0 radical (unpaired) electrons. The molecule has 0 aliphatic rings. The Balaban J connectivity index is 1.42. The van der Waals surface area contributed by atoms with Gasteiger partial charge in [0, 0.05) is 39.0 Å². The van der Waals surface area contributed by atoms with E-state index < -0.39 is 0 Å². The Kier molecular flexibility index (Phi) is 6.53. The molecule has 0 fully saturated rings.